The van der Waals surface area contributed by atoms with Gasteiger partial charge in [0.15, 0.2) is 14.1 Å². The molecule has 3 rings (SSSR count). The van der Waals surface area contributed by atoms with Crippen molar-refractivity contribution in [3.63, 3.8) is 0 Å². The highest BCUT2D eigenvalue weighted by Crippen LogP contribution is 2.41. The quantitative estimate of drug-likeness (QED) is 0.0332. The van der Waals surface area contributed by atoms with Crippen LogP contribution in [0.5, 0.6) is 0 Å². The van der Waals surface area contributed by atoms with Crippen molar-refractivity contribution < 1.29 is 14.1 Å². The minimum absolute atomic E-state index is 0.0128. The molecular weight excluding hydrogens is 607 g/mol. The lowest BCUT2D eigenvalue weighted by atomic mass is 9.80. The Balaban J connectivity index is 1.75. The maximum Gasteiger partial charge on any atom is 0.212 e. The minimum atomic E-state index is -2.14. The summed E-state index contributed by atoms with van der Waals surface area (Å²) in [6.07, 6.45) is 17.0. The maximum atomic E-state index is 13.9. The molecule has 0 unspecified atom stereocenters. The van der Waals surface area contributed by atoms with Crippen LogP contribution in [0.4, 0.5) is 0 Å². The van der Waals surface area contributed by atoms with E-state index in [9.17, 15) is 4.79 Å². The fourth-order valence-corrected chi connectivity index (χ4v) is 6.80. The molecule has 3 aromatic carbocycles. The van der Waals surface area contributed by atoms with E-state index in [0.717, 1.165) is 29.5 Å². The second-order valence-corrected chi connectivity index (χ2v) is 19.7. The molecule has 262 valence electrons. The van der Waals surface area contributed by atoms with Crippen LogP contribution in [0, 0.1) is 0 Å². The minimum Gasteiger partial charge on any atom is -0.411 e. The smallest absolute Gasteiger partial charge is 0.212 e. The average Bonchev–Trinajstić information content (AvgIpc) is 3.09. The van der Waals surface area contributed by atoms with Gasteiger partial charge in [-0.25, -0.2) is 0 Å². The molecule has 0 amide bonds. The van der Waals surface area contributed by atoms with Gasteiger partial charge in [-0.2, -0.15) is 0 Å². The molecular formula is C43H63NO3Si. The van der Waals surface area contributed by atoms with Crippen LogP contribution in [-0.4, -0.2) is 26.4 Å². The summed E-state index contributed by atoms with van der Waals surface area (Å²) in [7, 11) is -2.14. The number of ketones is 1. The van der Waals surface area contributed by atoms with Crippen LogP contribution < -0.4 is 0 Å². The van der Waals surface area contributed by atoms with Crippen LogP contribution in [0.15, 0.2) is 96.2 Å². The third-order valence-corrected chi connectivity index (χ3v) is 14.5. The maximum absolute atomic E-state index is 13.9. The second-order valence-electron chi connectivity index (χ2n) is 14.9. The summed E-state index contributed by atoms with van der Waals surface area (Å²) in [5.74, 6) is 0.0138. The highest BCUT2D eigenvalue weighted by atomic mass is 28.4. The van der Waals surface area contributed by atoms with Gasteiger partial charge in [0.05, 0.1) is 6.61 Å². The molecule has 0 radical (unpaired) electrons. The SMILES string of the molecule is CCCCCCCCCCCCCCCC(=O)C(CO[Si](C)(C)C(C)(C)C)=NOC(c1ccccc1)(c1ccccc1)c1ccccc1. The number of hydrogen-bond acceptors (Lipinski definition) is 4. The molecule has 0 bridgehead atoms. The Kier molecular flexibility index (Phi) is 16.8. The van der Waals surface area contributed by atoms with Gasteiger partial charge < -0.3 is 9.26 Å². The molecule has 0 aromatic heterocycles. The number of Topliss-reactive ketones (excluding diaryl/α,β-unsaturated/α-hetero) is 1. The summed E-state index contributed by atoms with van der Waals surface area (Å²) in [6.45, 7) is 13.5. The molecule has 0 saturated carbocycles. The van der Waals surface area contributed by atoms with Crippen molar-refractivity contribution in [3.8, 4) is 0 Å². The van der Waals surface area contributed by atoms with Gasteiger partial charge in [-0.05, 0) is 24.6 Å². The third-order valence-electron chi connectivity index (χ3n) is 10.0. The van der Waals surface area contributed by atoms with Gasteiger partial charge >= 0.3 is 0 Å². The van der Waals surface area contributed by atoms with Crippen LogP contribution in [0.1, 0.15) is 134 Å². The Morgan fingerprint density at radius 3 is 1.35 bits per heavy atom. The monoisotopic (exact) mass is 669 g/mol. The van der Waals surface area contributed by atoms with E-state index in [1.807, 2.05) is 54.6 Å². The molecule has 0 N–H and O–H groups in total. The topological polar surface area (TPSA) is 47.9 Å². The van der Waals surface area contributed by atoms with Crippen LogP contribution in [0.3, 0.4) is 0 Å². The summed E-state index contributed by atoms with van der Waals surface area (Å²) in [4.78, 5) is 20.6. The van der Waals surface area contributed by atoms with E-state index in [1.54, 1.807) is 0 Å². The van der Waals surface area contributed by atoms with E-state index in [4.69, 9.17) is 14.4 Å². The molecule has 4 nitrogen and oxygen atoms in total. The van der Waals surface area contributed by atoms with Gasteiger partial charge in [0.2, 0.25) is 5.60 Å². The van der Waals surface area contributed by atoms with Crippen molar-refractivity contribution in [2.75, 3.05) is 6.61 Å². The highest BCUT2D eigenvalue weighted by Gasteiger charge is 2.41. The number of oxime groups is 1. The lowest BCUT2D eigenvalue weighted by molar-refractivity contribution is -0.113. The molecule has 0 fully saturated rings. The highest BCUT2D eigenvalue weighted by molar-refractivity contribution is 6.74. The first kappa shape index (κ1) is 39.4. The molecule has 0 aliphatic rings. The second kappa shape index (κ2) is 20.5. The van der Waals surface area contributed by atoms with Crippen molar-refractivity contribution in [2.24, 2.45) is 5.16 Å². The number of unbranched alkanes of at least 4 members (excludes halogenated alkanes) is 12. The van der Waals surface area contributed by atoms with Gasteiger partial charge in [0.25, 0.3) is 0 Å². The molecule has 0 heterocycles. The van der Waals surface area contributed by atoms with E-state index in [0.29, 0.717) is 12.1 Å². The number of carbonyl (C=O) groups is 1. The van der Waals surface area contributed by atoms with Crippen LogP contribution in [-0.2, 0) is 19.7 Å². The predicted octanol–water partition coefficient (Wildman–Crippen LogP) is 12.4. The van der Waals surface area contributed by atoms with E-state index in [1.165, 1.54) is 70.6 Å². The molecule has 0 aliphatic carbocycles. The summed E-state index contributed by atoms with van der Waals surface area (Å²) >= 11 is 0. The number of hydrogen-bond donors (Lipinski definition) is 0. The summed E-state index contributed by atoms with van der Waals surface area (Å²) in [6, 6.07) is 30.5. The predicted molar refractivity (Wildman–Crippen MR) is 206 cm³/mol. The zero-order valence-corrected chi connectivity index (χ0v) is 31.9. The Bertz CT molecular complexity index is 1240. The molecule has 5 heteroatoms. The Morgan fingerprint density at radius 1 is 0.604 bits per heavy atom. The number of rotatable bonds is 23. The standard InChI is InChI=1S/C43H63NO3Si/c1-7-8-9-10-11-12-13-14-15-16-17-18-28-35-41(45)40(36-46-48(5,6)42(2,3)4)44-47-43(37-29-22-19-23-30-37,38-31-24-20-25-32-38)39-33-26-21-27-34-39/h19-27,29-34H,7-18,28,35-36H2,1-6H3. The van der Waals surface area contributed by atoms with E-state index in [-0.39, 0.29) is 17.4 Å². The fourth-order valence-electron chi connectivity index (χ4n) is 5.87. The van der Waals surface area contributed by atoms with E-state index in [2.05, 4.69) is 77.2 Å². The number of benzene rings is 3. The van der Waals surface area contributed by atoms with Crippen LogP contribution >= 0.6 is 0 Å². The molecule has 0 spiro atoms. The Hall–Kier alpha value is -3.02. The van der Waals surface area contributed by atoms with E-state index < -0.39 is 13.9 Å². The number of nitrogens with zero attached hydrogens (tertiary/aromatic N) is 1. The summed E-state index contributed by atoms with van der Waals surface area (Å²) in [5.41, 5.74) is 2.16. The lowest BCUT2D eigenvalue weighted by Gasteiger charge is -2.36. The first-order chi connectivity index (χ1) is 23.1. The molecule has 0 saturated heterocycles. The zero-order chi connectivity index (χ0) is 34.7. The zero-order valence-electron chi connectivity index (χ0n) is 30.9. The third kappa shape index (κ3) is 12.1. The first-order valence-electron chi connectivity index (χ1n) is 18.7. The van der Waals surface area contributed by atoms with Gasteiger partial charge in [-0.3, -0.25) is 4.79 Å². The largest absolute Gasteiger partial charge is 0.411 e. The van der Waals surface area contributed by atoms with Crippen molar-refractivity contribution in [1.29, 1.82) is 0 Å². The molecule has 0 aliphatic heterocycles. The van der Waals surface area contributed by atoms with Crippen molar-refractivity contribution in [2.45, 2.75) is 141 Å². The fraction of sp³-hybridized carbons (Fsp3) is 0.535. The van der Waals surface area contributed by atoms with Crippen molar-refractivity contribution in [3.05, 3.63) is 108 Å². The normalized spacial score (nSPS) is 12.7. The average molecular weight is 670 g/mol. The van der Waals surface area contributed by atoms with E-state index >= 15 is 0 Å². The van der Waals surface area contributed by atoms with Crippen molar-refractivity contribution >= 4 is 19.8 Å². The molecule has 3 aromatic rings. The molecule has 0 atom stereocenters. The summed E-state index contributed by atoms with van der Waals surface area (Å²) < 4.78 is 6.59. The van der Waals surface area contributed by atoms with Gasteiger partial charge in [0.1, 0.15) is 5.71 Å². The Labute approximate surface area is 293 Å². The Morgan fingerprint density at radius 2 is 0.979 bits per heavy atom. The van der Waals surface area contributed by atoms with Crippen LogP contribution in [0.2, 0.25) is 18.1 Å². The van der Waals surface area contributed by atoms with Crippen LogP contribution in [0.25, 0.3) is 0 Å². The van der Waals surface area contributed by atoms with Crippen molar-refractivity contribution in [1.82, 2.24) is 0 Å². The number of carbonyl (C=O) groups excluding carboxylic acids is 1. The first-order valence-corrected chi connectivity index (χ1v) is 21.6. The van der Waals surface area contributed by atoms with Gasteiger partial charge in [0, 0.05) is 23.1 Å². The lowest BCUT2D eigenvalue weighted by Crippen LogP contribution is -2.43. The summed E-state index contributed by atoms with van der Waals surface area (Å²) in [5, 5.41) is 4.77. The van der Waals surface area contributed by atoms with Gasteiger partial charge in [-0.1, -0.05) is 201 Å². The van der Waals surface area contributed by atoms with Gasteiger partial charge in [-0.15, -0.1) is 0 Å². The molecule has 48 heavy (non-hydrogen) atoms.